The summed E-state index contributed by atoms with van der Waals surface area (Å²) >= 11 is 0. The van der Waals surface area contributed by atoms with Gasteiger partial charge in [-0.3, -0.25) is 0 Å². The zero-order valence-electron chi connectivity index (χ0n) is 17.3. The lowest BCUT2D eigenvalue weighted by atomic mass is 9.99. The topological polar surface area (TPSA) is 69.8 Å². The molecule has 0 saturated carbocycles. The molecule has 2 amide bonds. The highest BCUT2D eigenvalue weighted by Gasteiger charge is 2.17. The van der Waals surface area contributed by atoms with Crippen molar-refractivity contribution in [3.05, 3.63) is 120 Å². The largest absolute Gasteiger partial charge is 0.338 e. The molecule has 0 atom stereocenters. The summed E-state index contributed by atoms with van der Waals surface area (Å²) in [4.78, 5) is 20.9. The van der Waals surface area contributed by atoms with Crippen molar-refractivity contribution < 1.29 is 4.79 Å². The number of nitrogens with zero attached hydrogens (tertiary/aromatic N) is 1. The van der Waals surface area contributed by atoms with E-state index in [0.717, 1.165) is 33.5 Å². The molecule has 4 aromatic carbocycles. The van der Waals surface area contributed by atoms with Gasteiger partial charge in [-0.15, -0.1) is 0 Å². The lowest BCUT2D eigenvalue weighted by Crippen LogP contribution is -2.33. The minimum Gasteiger partial charge on any atom is -0.338 e. The first-order valence-corrected chi connectivity index (χ1v) is 10.5. The number of amides is 2. The summed E-state index contributed by atoms with van der Waals surface area (Å²) in [6.45, 7) is 0. The summed E-state index contributed by atoms with van der Waals surface area (Å²) < 4.78 is 0. The predicted octanol–water partition coefficient (Wildman–Crippen LogP) is 6.14. The summed E-state index contributed by atoms with van der Waals surface area (Å²) in [5, 5.41) is 6.07. The molecule has 0 aliphatic carbocycles. The van der Waals surface area contributed by atoms with Gasteiger partial charge < -0.3 is 15.6 Å². The lowest BCUT2D eigenvalue weighted by molar-refractivity contribution is 0.250. The Morgan fingerprint density at radius 1 is 0.750 bits per heavy atom. The van der Waals surface area contributed by atoms with Crippen LogP contribution in [0.2, 0.25) is 0 Å². The van der Waals surface area contributed by atoms with Crippen LogP contribution in [0.15, 0.2) is 109 Å². The van der Waals surface area contributed by atoms with Gasteiger partial charge in [-0.2, -0.15) is 0 Å². The monoisotopic (exact) mass is 418 g/mol. The van der Waals surface area contributed by atoms with Crippen molar-refractivity contribution in [2.24, 2.45) is 0 Å². The molecule has 156 valence electrons. The number of hydrogen-bond acceptors (Lipinski definition) is 2. The Hall–Kier alpha value is -4.38. The predicted molar refractivity (Wildman–Crippen MR) is 128 cm³/mol. The number of aromatic amines is 1. The van der Waals surface area contributed by atoms with Crippen molar-refractivity contribution >= 4 is 22.8 Å². The minimum atomic E-state index is -0.274. The zero-order valence-corrected chi connectivity index (χ0v) is 17.3. The van der Waals surface area contributed by atoms with E-state index in [-0.39, 0.29) is 12.1 Å². The Kier molecular flexibility index (Phi) is 5.37. The number of H-pyrrole nitrogens is 1. The highest BCUT2D eigenvalue weighted by molar-refractivity contribution is 5.90. The molecule has 5 aromatic rings. The van der Waals surface area contributed by atoms with Gasteiger partial charge in [0.15, 0.2) is 0 Å². The van der Waals surface area contributed by atoms with E-state index in [0.29, 0.717) is 5.69 Å². The van der Waals surface area contributed by atoms with Gasteiger partial charge in [0, 0.05) is 11.3 Å². The molecule has 0 radical (unpaired) electrons. The maximum absolute atomic E-state index is 12.9. The van der Waals surface area contributed by atoms with Crippen molar-refractivity contribution in [1.82, 2.24) is 15.3 Å². The average Bonchev–Trinajstić information content (AvgIpc) is 3.28. The van der Waals surface area contributed by atoms with Crippen molar-refractivity contribution in [1.29, 1.82) is 0 Å². The van der Waals surface area contributed by atoms with Crippen LogP contribution >= 0.6 is 0 Å². The van der Waals surface area contributed by atoms with Crippen molar-refractivity contribution in [2.45, 2.75) is 6.04 Å². The quantitative estimate of drug-likeness (QED) is 0.321. The maximum Gasteiger partial charge on any atom is 0.319 e. The molecule has 0 spiro atoms. The number of aromatic nitrogens is 2. The first kappa shape index (κ1) is 19.6. The molecule has 5 nitrogen and oxygen atoms in total. The van der Waals surface area contributed by atoms with Gasteiger partial charge in [0.05, 0.1) is 17.1 Å². The van der Waals surface area contributed by atoms with E-state index < -0.39 is 0 Å². The SMILES string of the molecule is O=C(Nc1cccc(-c2nc3ccccc3[nH]2)c1)NC(c1ccccc1)c1ccccc1. The molecule has 1 heterocycles. The van der Waals surface area contributed by atoms with Crippen LogP contribution < -0.4 is 10.6 Å². The van der Waals surface area contributed by atoms with Crippen LogP contribution in [0.5, 0.6) is 0 Å². The van der Waals surface area contributed by atoms with E-state index in [1.165, 1.54) is 0 Å². The molecule has 0 fully saturated rings. The molecule has 3 N–H and O–H groups in total. The Morgan fingerprint density at radius 2 is 1.41 bits per heavy atom. The standard InChI is InChI=1S/C27H22N4O/c32-27(31-25(19-10-3-1-4-11-19)20-12-5-2-6-13-20)28-22-15-9-14-21(18-22)26-29-23-16-7-8-17-24(23)30-26/h1-18,25H,(H,29,30)(H2,28,31,32). The number of rotatable bonds is 5. The van der Waals surface area contributed by atoms with E-state index in [4.69, 9.17) is 0 Å². The van der Waals surface area contributed by atoms with E-state index in [2.05, 4.69) is 20.6 Å². The van der Waals surface area contributed by atoms with Crippen molar-refractivity contribution in [3.8, 4) is 11.4 Å². The molecule has 5 heteroatoms. The van der Waals surface area contributed by atoms with Crippen LogP contribution in [-0.4, -0.2) is 16.0 Å². The highest BCUT2D eigenvalue weighted by Crippen LogP contribution is 2.24. The van der Waals surface area contributed by atoms with E-state index in [9.17, 15) is 4.79 Å². The second-order valence-corrected chi connectivity index (χ2v) is 7.54. The smallest absolute Gasteiger partial charge is 0.319 e. The number of fused-ring (bicyclic) bond motifs is 1. The Bertz CT molecular complexity index is 1270. The number of carbonyl (C=O) groups is 1. The molecule has 0 aliphatic heterocycles. The molecular formula is C27H22N4O. The summed E-state index contributed by atoms with van der Waals surface area (Å²) in [5.74, 6) is 0.765. The molecule has 0 bridgehead atoms. The lowest BCUT2D eigenvalue weighted by Gasteiger charge is -2.20. The van der Waals surface area contributed by atoms with Gasteiger partial charge in [0.2, 0.25) is 0 Å². The van der Waals surface area contributed by atoms with Crippen LogP contribution in [0.3, 0.4) is 0 Å². The van der Waals surface area contributed by atoms with Crippen LogP contribution in [0, 0.1) is 0 Å². The summed E-state index contributed by atoms with van der Waals surface area (Å²) in [5.41, 5.74) is 5.52. The van der Waals surface area contributed by atoms with Gasteiger partial charge in [-0.25, -0.2) is 9.78 Å². The van der Waals surface area contributed by atoms with E-state index in [1.54, 1.807) is 0 Å². The fraction of sp³-hybridized carbons (Fsp3) is 0.0370. The number of anilines is 1. The van der Waals surface area contributed by atoms with Gasteiger partial charge in [-0.1, -0.05) is 84.9 Å². The van der Waals surface area contributed by atoms with Crippen molar-refractivity contribution in [2.75, 3.05) is 5.32 Å². The average molecular weight is 419 g/mol. The number of hydrogen-bond donors (Lipinski definition) is 3. The molecule has 0 unspecified atom stereocenters. The number of para-hydroxylation sites is 2. The second-order valence-electron chi connectivity index (χ2n) is 7.54. The number of imidazole rings is 1. The first-order valence-electron chi connectivity index (χ1n) is 10.5. The van der Waals surface area contributed by atoms with E-state index >= 15 is 0 Å². The molecule has 5 rings (SSSR count). The second kappa shape index (κ2) is 8.78. The van der Waals surface area contributed by atoms with Crippen LogP contribution in [0.1, 0.15) is 17.2 Å². The number of urea groups is 1. The Morgan fingerprint density at radius 3 is 2.09 bits per heavy atom. The molecular weight excluding hydrogens is 396 g/mol. The molecule has 0 saturated heterocycles. The van der Waals surface area contributed by atoms with Crippen molar-refractivity contribution in [3.63, 3.8) is 0 Å². The number of carbonyl (C=O) groups excluding carboxylic acids is 1. The Labute approximate surface area is 186 Å². The third-order valence-electron chi connectivity index (χ3n) is 5.32. The zero-order chi connectivity index (χ0) is 21.8. The normalized spacial score (nSPS) is 10.9. The number of benzene rings is 4. The summed E-state index contributed by atoms with van der Waals surface area (Å²) in [7, 11) is 0. The molecule has 0 aliphatic rings. The fourth-order valence-corrected chi connectivity index (χ4v) is 3.78. The highest BCUT2D eigenvalue weighted by atomic mass is 16.2. The molecule has 32 heavy (non-hydrogen) atoms. The fourth-order valence-electron chi connectivity index (χ4n) is 3.78. The van der Waals surface area contributed by atoms with Crippen LogP contribution in [0.4, 0.5) is 10.5 Å². The van der Waals surface area contributed by atoms with Gasteiger partial charge in [-0.05, 0) is 35.4 Å². The number of nitrogens with one attached hydrogen (secondary N) is 3. The maximum atomic E-state index is 12.9. The third-order valence-corrected chi connectivity index (χ3v) is 5.32. The summed E-state index contributed by atoms with van der Waals surface area (Å²) in [6, 6.07) is 34.9. The van der Waals surface area contributed by atoms with Gasteiger partial charge in [0.25, 0.3) is 0 Å². The minimum absolute atomic E-state index is 0.254. The molecule has 1 aromatic heterocycles. The Balaban J connectivity index is 1.36. The van der Waals surface area contributed by atoms with Crippen LogP contribution in [-0.2, 0) is 0 Å². The first-order chi connectivity index (χ1) is 15.8. The summed E-state index contributed by atoms with van der Waals surface area (Å²) in [6.07, 6.45) is 0. The van der Waals surface area contributed by atoms with E-state index in [1.807, 2.05) is 109 Å². The third kappa shape index (κ3) is 4.23. The van der Waals surface area contributed by atoms with Gasteiger partial charge >= 0.3 is 6.03 Å². The van der Waals surface area contributed by atoms with Gasteiger partial charge in [0.1, 0.15) is 5.82 Å². The van der Waals surface area contributed by atoms with Crippen LogP contribution in [0.25, 0.3) is 22.4 Å².